The molecule has 0 aliphatic heterocycles. The zero-order valence-corrected chi connectivity index (χ0v) is 31.0. The third kappa shape index (κ3) is 132. The molecule has 0 fully saturated rings. The number of hydrogen-bond acceptors (Lipinski definition) is 10. The van der Waals surface area contributed by atoms with Gasteiger partial charge >= 0.3 is 18.2 Å². The highest BCUT2D eigenvalue weighted by Crippen LogP contribution is 1.78. The number of hydrogen-bond donors (Lipinski definition) is 3. The quantitative estimate of drug-likeness (QED) is 0.184. The first-order valence-corrected chi connectivity index (χ1v) is 15.5. The van der Waals surface area contributed by atoms with Crippen LogP contribution in [0.4, 0.5) is 9.59 Å². The fraction of sp³-hybridized carbons (Fsp3) is 0.871. The first-order valence-electron chi connectivity index (χ1n) is 15.5. The van der Waals surface area contributed by atoms with Crippen LogP contribution in [0.3, 0.4) is 0 Å². The highest BCUT2D eigenvalue weighted by atomic mass is 16.7. The van der Waals surface area contributed by atoms with Gasteiger partial charge in [-0.25, -0.2) is 9.59 Å². The Morgan fingerprint density at radius 1 is 0.512 bits per heavy atom. The van der Waals surface area contributed by atoms with E-state index in [1.54, 1.807) is 13.8 Å². The molecule has 0 atom stereocenters. The molecule has 0 saturated heterocycles. The second-order valence-corrected chi connectivity index (χ2v) is 7.30. The number of nitrogens with one attached hydrogen (secondary N) is 3. The summed E-state index contributed by atoms with van der Waals surface area (Å²) in [4.78, 5) is 40.3. The summed E-state index contributed by atoms with van der Waals surface area (Å²) in [5, 5.41) is 8.20. The Balaban J connectivity index is -0.0000000552. The average Bonchev–Trinajstić information content (AvgIpc) is 3.00. The summed E-state index contributed by atoms with van der Waals surface area (Å²) >= 11 is 0. The summed E-state index contributed by atoms with van der Waals surface area (Å²) in [7, 11) is 3.99. The van der Waals surface area contributed by atoms with Gasteiger partial charge in [0.2, 0.25) is 5.91 Å². The summed E-state index contributed by atoms with van der Waals surface area (Å²) in [5.41, 5.74) is 0. The van der Waals surface area contributed by atoms with E-state index in [1.165, 1.54) is 34.2 Å². The number of amides is 2. The van der Waals surface area contributed by atoms with E-state index in [1.807, 2.05) is 34.6 Å². The second kappa shape index (κ2) is 72.0. The highest BCUT2D eigenvalue weighted by Gasteiger charge is 1.93. The molecular formula is C31H73N3O9. The van der Waals surface area contributed by atoms with Crippen molar-refractivity contribution in [3.8, 4) is 0 Å². The summed E-state index contributed by atoms with van der Waals surface area (Å²) in [6.45, 7) is 31.3. The van der Waals surface area contributed by atoms with Crippen LogP contribution in [0, 0.1) is 0 Å². The van der Waals surface area contributed by atoms with Crippen LogP contribution in [0.25, 0.3) is 0 Å². The van der Waals surface area contributed by atoms with Crippen LogP contribution in [-0.4, -0.2) is 91.5 Å². The van der Waals surface area contributed by atoms with Crippen molar-refractivity contribution in [3.63, 3.8) is 0 Å². The largest absolute Gasteiger partial charge is 0.507 e. The molecular weight excluding hydrogens is 558 g/mol. The molecule has 0 spiro atoms. The Morgan fingerprint density at radius 2 is 0.930 bits per heavy atom. The molecule has 0 aliphatic carbocycles. The topological polar surface area (TPSA) is 151 Å². The Morgan fingerprint density at radius 3 is 1.00 bits per heavy atom. The van der Waals surface area contributed by atoms with E-state index in [-0.39, 0.29) is 18.0 Å². The fourth-order valence-electron chi connectivity index (χ4n) is 1.31. The maximum absolute atomic E-state index is 10.3. The van der Waals surface area contributed by atoms with E-state index in [9.17, 15) is 19.2 Å². The first-order chi connectivity index (χ1) is 20.4. The van der Waals surface area contributed by atoms with Gasteiger partial charge in [0, 0.05) is 39.1 Å². The molecule has 3 N–H and O–H groups in total. The standard InChI is InChI=1S/C5H11NO.C4H9NO2.C4H11N.C4H8O3.C4H8O2.C4H10O.2C3H8/c1-3-5(7)6-4-2;1-3-5-4(6)7-2;1-3-5-4-2;1-3-7-4(5)6-2;1-3-4(5)6-2;1-3-5-4-2;2*1-3-2/h3-4H2,1-2H3,(H,6,7);3H2,1-2H3,(H,5,6);5H,3-4H2,1-2H3;3H2,1-2H3;3H2,1-2H3;3-4H2,1-2H3;2*3H2,1-2H3. The minimum Gasteiger partial charge on any atom is -0.469 e. The Hall–Kier alpha value is -2.60. The third-order valence-electron chi connectivity index (χ3n) is 3.06. The van der Waals surface area contributed by atoms with Crippen molar-refractivity contribution in [1.82, 2.24) is 16.0 Å². The maximum atomic E-state index is 10.3. The van der Waals surface area contributed by atoms with Gasteiger partial charge in [-0.15, -0.1) is 0 Å². The van der Waals surface area contributed by atoms with Crippen LogP contribution in [0.2, 0.25) is 0 Å². The van der Waals surface area contributed by atoms with Gasteiger partial charge in [-0.05, 0) is 47.7 Å². The van der Waals surface area contributed by atoms with Crippen molar-refractivity contribution >= 4 is 24.1 Å². The summed E-state index contributed by atoms with van der Waals surface area (Å²) in [6, 6.07) is 0. The van der Waals surface area contributed by atoms with Crippen LogP contribution in [0.15, 0.2) is 0 Å². The molecule has 2 amide bonds. The average molecular weight is 632 g/mol. The van der Waals surface area contributed by atoms with E-state index >= 15 is 0 Å². The van der Waals surface area contributed by atoms with Crippen LogP contribution >= 0.6 is 0 Å². The zero-order valence-electron chi connectivity index (χ0n) is 31.0. The third-order valence-corrected chi connectivity index (χ3v) is 3.06. The molecule has 0 unspecified atom stereocenters. The minimum atomic E-state index is -0.623. The van der Waals surface area contributed by atoms with Gasteiger partial charge in [-0.2, -0.15) is 0 Å². The molecule has 43 heavy (non-hydrogen) atoms. The van der Waals surface area contributed by atoms with Crippen molar-refractivity contribution in [2.75, 3.05) is 67.3 Å². The maximum Gasteiger partial charge on any atom is 0.507 e. The molecule has 0 aliphatic rings. The summed E-state index contributed by atoms with van der Waals surface area (Å²) in [5.74, 6) is -0.0301. The Labute approximate surface area is 266 Å². The van der Waals surface area contributed by atoms with Gasteiger partial charge in [0.1, 0.15) is 0 Å². The van der Waals surface area contributed by atoms with Gasteiger partial charge < -0.3 is 39.6 Å². The molecule has 0 aromatic heterocycles. The Kier molecular flexibility index (Phi) is 100. The van der Waals surface area contributed by atoms with Crippen molar-refractivity contribution in [1.29, 1.82) is 0 Å². The fourth-order valence-corrected chi connectivity index (χ4v) is 1.31. The smallest absolute Gasteiger partial charge is 0.469 e. The molecule has 12 nitrogen and oxygen atoms in total. The van der Waals surface area contributed by atoms with E-state index in [2.05, 4.69) is 76.4 Å². The lowest BCUT2D eigenvalue weighted by atomic mass is 10.4. The van der Waals surface area contributed by atoms with Crippen LogP contribution in [0.1, 0.15) is 116 Å². The van der Waals surface area contributed by atoms with Gasteiger partial charge in [-0.1, -0.05) is 68.2 Å². The molecule has 0 aromatic carbocycles. The molecule has 0 saturated carbocycles. The number of ether oxygens (including phenoxy) is 5. The molecule has 0 rings (SSSR count). The monoisotopic (exact) mass is 632 g/mol. The van der Waals surface area contributed by atoms with Crippen molar-refractivity contribution in [2.45, 2.75) is 116 Å². The van der Waals surface area contributed by atoms with E-state index < -0.39 is 6.16 Å². The molecule has 0 radical (unpaired) electrons. The molecule has 266 valence electrons. The highest BCUT2D eigenvalue weighted by molar-refractivity contribution is 5.75. The van der Waals surface area contributed by atoms with Crippen molar-refractivity contribution < 1.29 is 42.9 Å². The number of carbonyl (C=O) groups excluding carboxylic acids is 4. The zero-order chi connectivity index (χ0) is 35.7. The minimum absolute atomic E-state index is 0.127. The predicted octanol–water partition coefficient (Wildman–Crippen LogP) is 6.74. The van der Waals surface area contributed by atoms with Crippen LogP contribution in [-0.2, 0) is 33.3 Å². The number of alkyl carbamates (subject to hydrolysis) is 1. The molecule has 0 heterocycles. The Bertz CT molecular complexity index is 436. The van der Waals surface area contributed by atoms with E-state index in [4.69, 9.17) is 4.74 Å². The van der Waals surface area contributed by atoms with Gasteiger partial charge in [-0.3, -0.25) is 9.59 Å². The molecule has 0 aromatic rings. The normalized spacial score (nSPS) is 7.72. The van der Waals surface area contributed by atoms with Crippen LogP contribution in [0.5, 0.6) is 0 Å². The lowest BCUT2D eigenvalue weighted by Crippen LogP contribution is -2.21. The van der Waals surface area contributed by atoms with Crippen molar-refractivity contribution in [3.05, 3.63) is 0 Å². The van der Waals surface area contributed by atoms with Gasteiger partial charge in [0.25, 0.3) is 0 Å². The number of esters is 1. The molecule has 12 heteroatoms. The number of methoxy groups -OCH3 is 3. The van der Waals surface area contributed by atoms with Crippen LogP contribution < -0.4 is 16.0 Å². The lowest BCUT2D eigenvalue weighted by molar-refractivity contribution is -0.140. The van der Waals surface area contributed by atoms with Gasteiger partial charge in [0.05, 0.1) is 27.9 Å². The van der Waals surface area contributed by atoms with Gasteiger partial charge in [0.15, 0.2) is 0 Å². The van der Waals surface area contributed by atoms with E-state index in [0.29, 0.717) is 26.0 Å². The lowest BCUT2D eigenvalue weighted by Gasteiger charge is -1.95. The first kappa shape index (κ1) is 59.7. The van der Waals surface area contributed by atoms with E-state index in [0.717, 1.165) is 32.8 Å². The number of rotatable bonds is 9. The predicted molar refractivity (Wildman–Crippen MR) is 180 cm³/mol. The number of carbonyl (C=O) groups is 4. The SMILES string of the molecule is CCC.CCC.CCC(=O)OC.CCNC(=O)CC.CCNC(=O)OC.CCNCC.CCOC(=O)OC.CCOCC. The van der Waals surface area contributed by atoms with Crippen molar-refractivity contribution in [2.24, 2.45) is 0 Å². The second-order valence-electron chi connectivity index (χ2n) is 7.30. The summed E-state index contributed by atoms with van der Waals surface area (Å²) in [6.07, 6.45) is 2.56. The summed E-state index contributed by atoms with van der Waals surface area (Å²) < 4.78 is 21.8. The molecule has 0 bridgehead atoms.